The highest BCUT2D eigenvalue weighted by Gasteiger charge is 2.26. The lowest BCUT2D eigenvalue weighted by Gasteiger charge is -2.21. The minimum absolute atomic E-state index is 0.0386. The fraction of sp³-hybridized carbons (Fsp3) is 0.241. The van der Waals surface area contributed by atoms with Crippen molar-refractivity contribution >= 4 is 29.2 Å². The number of methoxy groups -OCH3 is 2. The van der Waals surface area contributed by atoms with Crippen molar-refractivity contribution in [1.29, 1.82) is 0 Å². The van der Waals surface area contributed by atoms with Crippen molar-refractivity contribution in [1.82, 2.24) is 14.3 Å². The average molecular weight is 619 g/mol. The molecule has 2 aromatic heterocycles. The topological polar surface area (TPSA) is 125 Å². The van der Waals surface area contributed by atoms with Crippen LogP contribution in [0.5, 0.6) is 5.75 Å². The Morgan fingerprint density at radius 3 is 2.37 bits per heavy atom. The first-order valence-electron chi connectivity index (χ1n) is 12.7. The van der Waals surface area contributed by atoms with Crippen molar-refractivity contribution in [3.05, 3.63) is 88.1 Å². The predicted molar refractivity (Wildman–Crippen MR) is 153 cm³/mol. The Bertz CT molecular complexity index is 1680. The highest BCUT2D eigenvalue weighted by atomic mass is 35.5. The maximum Gasteiger partial charge on any atom is 0.335 e. The number of amides is 1. The minimum atomic E-state index is -3.28. The molecule has 0 saturated heterocycles. The van der Waals surface area contributed by atoms with Gasteiger partial charge in [0.05, 0.1) is 25.1 Å². The summed E-state index contributed by atoms with van der Waals surface area (Å²) in [7, 11) is 2.81. The first-order chi connectivity index (χ1) is 20.5. The third-order valence-corrected chi connectivity index (χ3v) is 6.78. The van der Waals surface area contributed by atoms with Gasteiger partial charge in [0.15, 0.2) is 0 Å². The molecular formula is C29H26ClF3N4O6. The second kappa shape index (κ2) is 13.6. The molecule has 0 aliphatic rings. The second-order valence-corrected chi connectivity index (χ2v) is 9.71. The Morgan fingerprint density at radius 1 is 1.02 bits per heavy atom. The number of anilines is 1. The van der Waals surface area contributed by atoms with Crippen LogP contribution in [0, 0.1) is 0 Å². The van der Waals surface area contributed by atoms with Gasteiger partial charge in [-0.15, -0.1) is 0 Å². The maximum atomic E-state index is 13.9. The highest BCUT2D eigenvalue weighted by molar-refractivity contribution is 6.31. The summed E-state index contributed by atoms with van der Waals surface area (Å²) < 4.78 is 52.1. The molecule has 14 heteroatoms. The quantitative estimate of drug-likeness (QED) is 0.209. The Kier molecular flexibility index (Phi) is 9.88. The number of aromatic nitrogens is 3. The molecule has 2 heterocycles. The molecule has 0 radical (unpaired) electrons. The molecular weight excluding hydrogens is 593 g/mol. The first kappa shape index (κ1) is 31.3. The zero-order chi connectivity index (χ0) is 31.3. The number of aromatic carboxylic acids is 1. The molecule has 2 N–H and O–H groups in total. The summed E-state index contributed by atoms with van der Waals surface area (Å²) in [5.74, 6) is -1.51. The van der Waals surface area contributed by atoms with Gasteiger partial charge >= 0.3 is 5.97 Å². The molecule has 0 aliphatic carbocycles. The van der Waals surface area contributed by atoms with Gasteiger partial charge in [0.2, 0.25) is 5.91 Å². The summed E-state index contributed by atoms with van der Waals surface area (Å²) in [5.41, 5.74) is 1.11. The first-order valence-corrected chi connectivity index (χ1v) is 13.1. The lowest BCUT2D eigenvalue weighted by atomic mass is 9.96. The number of nitrogens with zero attached hydrogens (tertiary/aromatic N) is 3. The molecule has 1 amide bonds. The van der Waals surface area contributed by atoms with Crippen LogP contribution in [0.3, 0.4) is 0 Å². The molecule has 0 bridgehead atoms. The van der Waals surface area contributed by atoms with Crippen LogP contribution in [-0.2, 0) is 9.53 Å². The number of hydrogen-bond donors (Lipinski definition) is 2. The number of ether oxygens (including phenoxy) is 2. The fourth-order valence-corrected chi connectivity index (χ4v) is 4.58. The van der Waals surface area contributed by atoms with Crippen LogP contribution in [0.2, 0.25) is 5.02 Å². The van der Waals surface area contributed by atoms with E-state index in [1.165, 1.54) is 67.6 Å². The van der Waals surface area contributed by atoms with E-state index in [4.69, 9.17) is 26.2 Å². The Hall–Kier alpha value is -4.62. The molecule has 2 atom stereocenters. The number of pyridine rings is 1. The highest BCUT2D eigenvalue weighted by Crippen LogP contribution is 2.39. The van der Waals surface area contributed by atoms with Gasteiger partial charge in [-0.25, -0.2) is 22.6 Å². The number of halogens is 4. The van der Waals surface area contributed by atoms with Crippen molar-refractivity contribution in [3.63, 3.8) is 0 Å². The van der Waals surface area contributed by atoms with E-state index in [0.29, 0.717) is 26.5 Å². The standard InChI is InChI=1S/C29H26ClF3N4O6/c1-42-10-9-23(28(39)35-19-6-3-16(4-7-19)29(40)41)36-15-24(43-2)22(12-25(36)38)21-11-18(30)5-8-20(21)17-13-34-37(14-17)27(33)26(31)32/h3-8,11-15,23,26-27H,9-10H2,1-2H3,(H,35,39)(H,40,41). The van der Waals surface area contributed by atoms with E-state index in [0.717, 1.165) is 6.20 Å². The number of nitrogens with one attached hydrogen (secondary N) is 1. The fourth-order valence-electron chi connectivity index (χ4n) is 4.41. The average Bonchev–Trinajstić information content (AvgIpc) is 3.47. The van der Waals surface area contributed by atoms with Crippen LogP contribution in [-0.4, -0.2) is 58.6 Å². The lowest BCUT2D eigenvalue weighted by Crippen LogP contribution is -2.34. The lowest BCUT2D eigenvalue weighted by molar-refractivity contribution is -0.119. The number of carbonyl (C=O) groups excluding carboxylic acids is 1. The largest absolute Gasteiger partial charge is 0.495 e. The van der Waals surface area contributed by atoms with Crippen LogP contribution < -0.4 is 15.6 Å². The van der Waals surface area contributed by atoms with Crippen molar-refractivity contribution in [2.24, 2.45) is 0 Å². The molecule has 2 aromatic carbocycles. The normalized spacial score (nSPS) is 12.6. The number of carbonyl (C=O) groups is 2. The molecule has 0 fully saturated rings. The van der Waals surface area contributed by atoms with Gasteiger partial charge in [-0.1, -0.05) is 17.7 Å². The van der Waals surface area contributed by atoms with Gasteiger partial charge in [-0.05, 0) is 47.5 Å². The van der Waals surface area contributed by atoms with E-state index >= 15 is 0 Å². The van der Waals surface area contributed by atoms with Crippen LogP contribution >= 0.6 is 11.6 Å². The Balaban J connectivity index is 1.75. The number of carboxylic acids is 1. The number of benzene rings is 2. The molecule has 0 spiro atoms. The molecule has 10 nitrogen and oxygen atoms in total. The van der Waals surface area contributed by atoms with Gasteiger partial charge in [0, 0.05) is 54.2 Å². The number of alkyl halides is 3. The SMILES string of the molecule is COCCC(C(=O)Nc1ccc(C(=O)O)cc1)n1cc(OC)c(-c2cc(Cl)ccc2-c2cnn(C(F)C(F)F)c2)cc1=O. The van der Waals surface area contributed by atoms with Crippen LogP contribution in [0.15, 0.2) is 71.9 Å². The van der Waals surface area contributed by atoms with E-state index in [9.17, 15) is 27.6 Å². The van der Waals surface area contributed by atoms with Gasteiger partial charge in [-0.3, -0.25) is 14.2 Å². The molecule has 4 rings (SSSR count). The van der Waals surface area contributed by atoms with Crippen LogP contribution in [0.25, 0.3) is 22.3 Å². The molecule has 43 heavy (non-hydrogen) atoms. The molecule has 2 unspecified atom stereocenters. The molecule has 226 valence electrons. The van der Waals surface area contributed by atoms with Crippen molar-refractivity contribution in [2.75, 3.05) is 26.1 Å². The maximum absolute atomic E-state index is 13.9. The van der Waals surface area contributed by atoms with Gasteiger partial charge < -0.3 is 19.9 Å². The van der Waals surface area contributed by atoms with E-state index in [-0.39, 0.29) is 35.5 Å². The number of rotatable bonds is 12. The van der Waals surface area contributed by atoms with Crippen molar-refractivity contribution < 1.29 is 37.3 Å². The number of carboxylic acid groups (broad SMARTS) is 1. The monoisotopic (exact) mass is 618 g/mol. The van der Waals surface area contributed by atoms with Crippen molar-refractivity contribution in [2.45, 2.75) is 25.2 Å². The van der Waals surface area contributed by atoms with E-state index in [1.807, 2.05) is 0 Å². The summed E-state index contributed by atoms with van der Waals surface area (Å²) in [6, 6.07) is 10.4. The summed E-state index contributed by atoms with van der Waals surface area (Å²) in [4.78, 5) is 38.0. The van der Waals surface area contributed by atoms with Gasteiger partial charge in [-0.2, -0.15) is 5.10 Å². The predicted octanol–water partition coefficient (Wildman–Crippen LogP) is 5.69. The molecule has 4 aromatic rings. The third-order valence-electron chi connectivity index (χ3n) is 6.54. The second-order valence-electron chi connectivity index (χ2n) is 9.28. The summed E-state index contributed by atoms with van der Waals surface area (Å²) in [5, 5.41) is 15.8. The zero-order valence-electron chi connectivity index (χ0n) is 22.8. The van der Waals surface area contributed by atoms with E-state index < -0.39 is 36.2 Å². The zero-order valence-corrected chi connectivity index (χ0v) is 23.6. The van der Waals surface area contributed by atoms with Crippen molar-refractivity contribution in [3.8, 4) is 28.0 Å². The van der Waals surface area contributed by atoms with Gasteiger partial charge in [0.25, 0.3) is 18.3 Å². The summed E-state index contributed by atoms with van der Waals surface area (Å²) >= 11 is 6.27. The van der Waals surface area contributed by atoms with Gasteiger partial charge in [0.1, 0.15) is 11.8 Å². The van der Waals surface area contributed by atoms with Crippen LogP contribution in [0.1, 0.15) is 29.1 Å². The Morgan fingerprint density at radius 2 is 1.74 bits per heavy atom. The summed E-state index contributed by atoms with van der Waals surface area (Å²) in [6.45, 7) is 0.128. The minimum Gasteiger partial charge on any atom is -0.495 e. The van der Waals surface area contributed by atoms with E-state index in [2.05, 4.69) is 10.4 Å². The number of hydrogen-bond acceptors (Lipinski definition) is 6. The van der Waals surface area contributed by atoms with Crippen LogP contribution in [0.4, 0.5) is 18.9 Å². The molecule has 0 saturated carbocycles. The Labute approximate surface area is 248 Å². The molecule has 0 aliphatic heterocycles. The third kappa shape index (κ3) is 7.07. The van der Waals surface area contributed by atoms with E-state index in [1.54, 1.807) is 12.1 Å². The summed E-state index contributed by atoms with van der Waals surface area (Å²) in [6.07, 6.45) is -2.14. The smallest absolute Gasteiger partial charge is 0.335 e.